The fraction of sp³-hybridized carbons (Fsp3) is 1.00. The highest BCUT2D eigenvalue weighted by Gasteiger charge is 2.61. The van der Waals surface area contributed by atoms with E-state index in [1.165, 1.54) is 25.8 Å². The summed E-state index contributed by atoms with van der Waals surface area (Å²) in [4.78, 5) is 2.57. The summed E-state index contributed by atoms with van der Waals surface area (Å²) in [5, 5.41) is 0. The van der Waals surface area contributed by atoms with Crippen molar-refractivity contribution in [1.29, 1.82) is 0 Å². The Morgan fingerprint density at radius 1 is 1.29 bits per heavy atom. The molecule has 3 unspecified atom stereocenters. The Kier molecular flexibility index (Phi) is 2.23. The molecule has 2 bridgehead atoms. The third-order valence-corrected chi connectivity index (χ3v) is 5.78. The van der Waals surface area contributed by atoms with Crippen LogP contribution in [0.4, 0.5) is 0 Å². The van der Waals surface area contributed by atoms with Crippen LogP contribution in [0.15, 0.2) is 0 Å². The predicted octanol–water partition coefficient (Wildman–Crippen LogP) is 3.15. The maximum Gasteiger partial charge on any atom is 0.0154 e. The molecule has 2 fully saturated rings. The first kappa shape index (κ1) is 10.5. The van der Waals surface area contributed by atoms with Crippen molar-refractivity contribution in [3.8, 4) is 0 Å². The van der Waals surface area contributed by atoms with Crippen LogP contribution in [-0.4, -0.2) is 24.5 Å². The number of hydrogen-bond donors (Lipinski definition) is 0. The maximum absolute atomic E-state index is 2.57. The summed E-state index contributed by atoms with van der Waals surface area (Å²) in [5.41, 5.74) is 1.14. The molecule has 0 amide bonds. The molecule has 14 heavy (non-hydrogen) atoms. The Bertz CT molecular complexity index is 233. The van der Waals surface area contributed by atoms with Crippen molar-refractivity contribution in [2.45, 2.75) is 53.0 Å². The van der Waals surface area contributed by atoms with Gasteiger partial charge >= 0.3 is 0 Å². The molecule has 2 saturated carbocycles. The van der Waals surface area contributed by atoms with Crippen molar-refractivity contribution >= 4 is 0 Å². The lowest BCUT2D eigenvalue weighted by Gasteiger charge is -2.43. The second-order valence-corrected chi connectivity index (χ2v) is 6.20. The van der Waals surface area contributed by atoms with Crippen molar-refractivity contribution in [1.82, 2.24) is 4.90 Å². The van der Waals surface area contributed by atoms with E-state index in [4.69, 9.17) is 0 Å². The summed E-state index contributed by atoms with van der Waals surface area (Å²) in [6, 6.07) is 0.834. The first-order valence-electron chi connectivity index (χ1n) is 6.13. The smallest absolute Gasteiger partial charge is 0.0154 e. The fourth-order valence-corrected chi connectivity index (χ4v) is 4.05. The number of hydrogen-bond acceptors (Lipinski definition) is 1. The molecule has 3 atom stereocenters. The number of fused-ring (bicyclic) bond motifs is 2. The molecule has 0 aromatic carbocycles. The van der Waals surface area contributed by atoms with Gasteiger partial charge in [-0.25, -0.2) is 0 Å². The lowest BCUT2D eigenvalue weighted by atomic mass is 9.69. The van der Waals surface area contributed by atoms with Crippen molar-refractivity contribution in [3.05, 3.63) is 0 Å². The van der Waals surface area contributed by atoms with E-state index >= 15 is 0 Å². The Balaban J connectivity index is 2.27. The molecule has 0 aromatic rings. The molecule has 1 nitrogen and oxygen atoms in total. The van der Waals surface area contributed by atoms with Gasteiger partial charge in [-0.2, -0.15) is 0 Å². The zero-order valence-electron chi connectivity index (χ0n) is 10.4. The van der Waals surface area contributed by atoms with Crippen LogP contribution in [0.5, 0.6) is 0 Å². The highest BCUT2D eigenvalue weighted by atomic mass is 15.1. The SMILES string of the molecule is CCN(C)C1CC2CCC1(C)C2(C)C. The minimum Gasteiger partial charge on any atom is -0.303 e. The second kappa shape index (κ2) is 2.98. The zero-order chi connectivity index (χ0) is 10.6. The van der Waals surface area contributed by atoms with Gasteiger partial charge in [0.2, 0.25) is 0 Å². The standard InChI is InChI=1S/C13H25N/c1-6-14(5)11-9-10-7-8-13(11,4)12(10,2)3/h10-11H,6-9H2,1-5H3. The highest BCUT2D eigenvalue weighted by Crippen LogP contribution is 2.66. The van der Waals surface area contributed by atoms with Crippen molar-refractivity contribution in [3.63, 3.8) is 0 Å². The van der Waals surface area contributed by atoms with E-state index in [2.05, 4.69) is 39.6 Å². The van der Waals surface area contributed by atoms with E-state index < -0.39 is 0 Å². The van der Waals surface area contributed by atoms with Gasteiger partial charge < -0.3 is 4.90 Å². The lowest BCUT2D eigenvalue weighted by molar-refractivity contribution is 0.0610. The van der Waals surface area contributed by atoms with Crippen molar-refractivity contribution < 1.29 is 0 Å². The second-order valence-electron chi connectivity index (χ2n) is 6.20. The first-order valence-corrected chi connectivity index (χ1v) is 6.13. The first-order chi connectivity index (χ1) is 6.43. The molecule has 82 valence electrons. The van der Waals surface area contributed by atoms with Crippen LogP contribution in [0.1, 0.15) is 47.0 Å². The van der Waals surface area contributed by atoms with Gasteiger partial charge in [0.15, 0.2) is 0 Å². The van der Waals surface area contributed by atoms with E-state index in [9.17, 15) is 0 Å². The molecule has 0 N–H and O–H groups in total. The van der Waals surface area contributed by atoms with Crippen LogP contribution >= 0.6 is 0 Å². The molecule has 0 spiro atoms. The number of nitrogens with zero attached hydrogens (tertiary/aromatic N) is 1. The molecule has 0 saturated heterocycles. The van der Waals surface area contributed by atoms with Crippen LogP contribution in [0.25, 0.3) is 0 Å². The van der Waals surface area contributed by atoms with Gasteiger partial charge in [0.25, 0.3) is 0 Å². The average Bonchev–Trinajstić information content (AvgIpc) is 2.47. The van der Waals surface area contributed by atoms with Crippen LogP contribution in [-0.2, 0) is 0 Å². The molecule has 0 radical (unpaired) electrons. The molecule has 0 aliphatic heterocycles. The molecular weight excluding hydrogens is 170 g/mol. The van der Waals surface area contributed by atoms with Gasteiger partial charge in [-0.3, -0.25) is 0 Å². The highest BCUT2D eigenvalue weighted by molar-refractivity contribution is 5.13. The Labute approximate surface area is 88.9 Å². The average molecular weight is 195 g/mol. The minimum absolute atomic E-state index is 0.571. The predicted molar refractivity (Wildman–Crippen MR) is 61.3 cm³/mol. The van der Waals surface area contributed by atoms with Crippen LogP contribution in [0, 0.1) is 16.7 Å². The van der Waals surface area contributed by atoms with Crippen molar-refractivity contribution in [2.75, 3.05) is 13.6 Å². The van der Waals surface area contributed by atoms with Crippen molar-refractivity contribution in [2.24, 2.45) is 16.7 Å². The third-order valence-electron chi connectivity index (χ3n) is 5.78. The Hall–Kier alpha value is -0.0400. The summed E-state index contributed by atoms with van der Waals surface area (Å²) in [6.45, 7) is 11.0. The minimum atomic E-state index is 0.571. The van der Waals surface area contributed by atoms with Gasteiger partial charge in [0.05, 0.1) is 0 Å². The van der Waals surface area contributed by atoms with E-state index in [0.29, 0.717) is 10.8 Å². The summed E-state index contributed by atoms with van der Waals surface area (Å²) < 4.78 is 0. The monoisotopic (exact) mass is 195 g/mol. The van der Waals surface area contributed by atoms with Crippen LogP contribution < -0.4 is 0 Å². The van der Waals surface area contributed by atoms with E-state index in [1.807, 2.05) is 0 Å². The van der Waals surface area contributed by atoms with Gasteiger partial charge in [-0.1, -0.05) is 27.7 Å². The Morgan fingerprint density at radius 2 is 1.93 bits per heavy atom. The lowest BCUT2D eigenvalue weighted by Crippen LogP contribution is -2.45. The van der Waals surface area contributed by atoms with Crippen LogP contribution in [0.2, 0.25) is 0 Å². The molecule has 1 heteroatoms. The maximum atomic E-state index is 2.57. The molecule has 2 aliphatic carbocycles. The molecule has 2 rings (SSSR count). The van der Waals surface area contributed by atoms with Crippen LogP contribution in [0.3, 0.4) is 0 Å². The van der Waals surface area contributed by atoms with Gasteiger partial charge in [-0.05, 0) is 49.6 Å². The largest absolute Gasteiger partial charge is 0.303 e. The zero-order valence-corrected chi connectivity index (χ0v) is 10.4. The van der Waals surface area contributed by atoms with E-state index in [1.54, 1.807) is 0 Å². The summed E-state index contributed by atoms with van der Waals surface area (Å²) in [7, 11) is 2.30. The topological polar surface area (TPSA) is 3.24 Å². The van der Waals surface area contributed by atoms with Gasteiger partial charge in [0.1, 0.15) is 0 Å². The molecular formula is C13H25N. The fourth-order valence-electron chi connectivity index (χ4n) is 4.05. The van der Waals surface area contributed by atoms with E-state index in [0.717, 1.165) is 12.0 Å². The molecule has 0 heterocycles. The molecule has 2 aliphatic rings. The number of rotatable bonds is 2. The summed E-state index contributed by atoms with van der Waals surface area (Å²) >= 11 is 0. The van der Waals surface area contributed by atoms with E-state index in [-0.39, 0.29) is 0 Å². The quantitative estimate of drug-likeness (QED) is 0.654. The summed E-state index contributed by atoms with van der Waals surface area (Å²) in [5.74, 6) is 0.978. The summed E-state index contributed by atoms with van der Waals surface area (Å²) in [6.07, 6.45) is 4.35. The third kappa shape index (κ3) is 1.05. The molecule has 0 aromatic heterocycles. The Morgan fingerprint density at radius 3 is 2.29 bits per heavy atom. The van der Waals surface area contributed by atoms with Gasteiger partial charge in [0, 0.05) is 6.04 Å². The normalized spacial score (nSPS) is 45.0. The van der Waals surface area contributed by atoms with Gasteiger partial charge in [-0.15, -0.1) is 0 Å².